The number of aromatic nitrogens is 2. The Bertz CT molecular complexity index is 330. The van der Waals surface area contributed by atoms with Crippen LogP contribution < -0.4 is 0 Å². The van der Waals surface area contributed by atoms with E-state index in [1.807, 2.05) is 6.26 Å². The predicted molar refractivity (Wildman–Crippen MR) is 63.3 cm³/mol. The summed E-state index contributed by atoms with van der Waals surface area (Å²) in [6.07, 6.45) is 6.94. The molecule has 1 aromatic rings. The molecule has 0 amide bonds. The van der Waals surface area contributed by atoms with Gasteiger partial charge in [0.1, 0.15) is 0 Å². The lowest BCUT2D eigenvalue weighted by Gasteiger charge is -2.15. The smallest absolute Gasteiger partial charge is 0.232 e. The lowest BCUT2D eigenvalue weighted by Crippen LogP contribution is -2.17. The van der Waals surface area contributed by atoms with Crippen molar-refractivity contribution in [3.05, 3.63) is 11.7 Å². The molecule has 1 N–H and O–H groups in total. The number of aliphatic hydroxyl groups excluding tert-OH is 1. The van der Waals surface area contributed by atoms with Crippen LogP contribution in [-0.2, 0) is 5.75 Å². The van der Waals surface area contributed by atoms with Crippen molar-refractivity contribution in [3.63, 3.8) is 0 Å². The summed E-state index contributed by atoms with van der Waals surface area (Å²) >= 11 is 1.67. The minimum atomic E-state index is -0.315. The van der Waals surface area contributed by atoms with Crippen LogP contribution in [0.5, 0.6) is 0 Å². The number of hydrogen-bond donors (Lipinski definition) is 1. The lowest BCUT2D eigenvalue weighted by molar-refractivity contribution is 0.119. The number of aliphatic hydroxyl groups is 1. The Morgan fingerprint density at radius 2 is 2.19 bits per heavy atom. The lowest BCUT2D eigenvalue weighted by atomic mass is 9.97. The highest BCUT2D eigenvalue weighted by Crippen LogP contribution is 2.31. The second kappa shape index (κ2) is 5.68. The van der Waals surface area contributed by atoms with Gasteiger partial charge in [-0.1, -0.05) is 24.4 Å². The summed E-state index contributed by atoms with van der Waals surface area (Å²) in [6.45, 7) is 0. The van der Waals surface area contributed by atoms with Gasteiger partial charge in [0, 0.05) is 0 Å². The summed E-state index contributed by atoms with van der Waals surface area (Å²) in [5.41, 5.74) is 0. The van der Waals surface area contributed by atoms with Crippen molar-refractivity contribution < 1.29 is 9.63 Å². The zero-order chi connectivity index (χ0) is 11.4. The Balaban J connectivity index is 2.08. The Morgan fingerprint density at radius 1 is 1.38 bits per heavy atom. The normalized spacial score (nSPS) is 26.6. The third-order valence-corrected chi connectivity index (χ3v) is 3.60. The Hall–Kier alpha value is -0.550. The SMILES string of the molecule is CSCc1noc(C2CCCCCC2O)n1. The molecule has 2 unspecified atom stereocenters. The molecule has 2 atom stereocenters. The first kappa shape index (κ1) is 11.9. The predicted octanol–water partition coefficient (Wildman–Crippen LogP) is 2.34. The van der Waals surface area contributed by atoms with Crippen LogP contribution in [-0.4, -0.2) is 27.6 Å². The van der Waals surface area contributed by atoms with Gasteiger partial charge in [-0.3, -0.25) is 0 Å². The molecule has 0 bridgehead atoms. The van der Waals surface area contributed by atoms with E-state index in [-0.39, 0.29) is 12.0 Å². The van der Waals surface area contributed by atoms with E-state index in [1.165, 1.54) is 6.42 Å². The average molecular weight is 242 g/mol. The minimum absolute atomic E-state index is 0.0469. The molecule has 16 heavy (non-hydrogen) atoms. The van der Waals surface area contributed by atoms with E-state index >= 15 is 0 Å². The topological polar surface area (TPSA) is 59.2 Å². The maximum atomic E-state index is 10.0. The summed E-state index contributed by atoms with van der Waals surface area (Å²) in [5, 5.41) is 13.9. The van der Waals surface area contributed by atoms with E-state index in [9.17, 15) is 5.11 Å². The first-order chi connectivity index (χ1) is 7.81. The standard InChI is InChI=1S/C11H18N2O2S/c1-16-7-10-12-11(15-13-10)8-5-3-2-4-6-9(8)14/h8-9,14H,2-7H2,1H3. The van der Waals surface area contributed by atoms with Gasteiger partial charge in [0.25, 0.3) is 0 Å². The van der Waals surface area contributed by atoms with Gasteiger partial charge in [-0.05, 0) is 19.1 Å². The van der Waals surface area contributed by atoms with E-state index in [0.717, 1.165) is 37.3 Å². The van der Waals surface area contributed by atoms with Crippen LogP contribution >= 0.6 is 11.8 Å². The Morgan fingerprint density at radius 3 is 3.00 bits per heavy atom. The highest BCUT2D eigenvalue weighted by atomic mass is 32.2. The van der Waals surface area contributed by atoms with Gasteiger partial charge in [-0.25, -0.2) is 0 Å². The van der Waals surface area contributed by atoms with Crippen molar-refractivity contribution in [1.82, 2.24) is 10.1 Å². The first-order valence-electron chi connectivity index (χ1n) is 5.80. The third kappa shape index (κ3) is 2.77. The van der Waals surface area contributed by atoms with Gasteiger partial charge in [0.15, 0.2) is 5.82 Å². The van der Waals surface area contributed by atoms with Crippen LogP contribution in [0.3, 0.4) is 0 Å². The van der Waals surface area contributed by atoms with Gasteiger partial charge < -0.3 is 9.63 Å². The number of rotatable bonds is 3. The largest absolute Gasteiger partial charge is 0.392 e. The summed E-state index contributed by atoms with van der Waals surface area (Å²) in [7, 11) is 0. The van der Waals surface area contributed by atoms with Crippen molar-refractivity contribution in [3.8, 4) is 0 Å². The fraction of sp³-hybridized carbons (Fsp3) is 0.818. The van der Waals surface area contributed by atoms with Crippen LogP contribution in [0.2, 0.25) is 0 Å². The fourth-order valence-corrected chi connectivity index (χ4v) is 2.56. The second-order valence-electron chi connectivity index (χ2n) is 4.29. The van der Waals surface area contributed by atoms with E-state index in [1.54, 1.807) is 11.8 Å². The molecule has 90 valence electrons. The molecular weight excluding hydrogens is 224 g/mol. The summed E-state index contributed by atoms with van der Waals surface area (Å²) in [4.78, 5) is 4.36. The molecule has 1 aliphatic carbocycles. The molecule has 5 heteroatoms. The summed E-state index contributed by atoms with van der Waals surface area (Å²) < 4.78 is 5.25. The van der Waals surface area contributed by atoms with Crippen molar-refractivity contribution in [2.24, 2.45) is 0 Å². The third-order valence-electron chi connectivity index (χ3n) is 3.05. The maximum Gasteiger partial charge on any atom is 0.232 e. The molecule has 0 radical (unpaired) electrons. The molecule has 0 saturated heterocycles. The molecule has 4 nitrogen and oxygen atoms in total. The summed E-state index contributed by atoms with van der Waals surface area (Å²) in [6, 6.07) is 0. The van der Waals surface area contributed by atoms with Gasteiger partial charge in [-0.15, -0.1) is 0 Å². The quantitative estimate of drug-likeness (QED) is 0.824. The van der Waals surface area contributed by atoms with Crippen molar-refractivity contribution in [2.45, 2.75) is 49.9 Å². The number of thioether (sulfide) groups is 1. The van der Waals surface area contributed by atoms with Gasteiger partial charge in [0.05, 0.1) is 17.8 Å². The van der Waals surface area contributed by atoms with Crippen molar-refractivity contribution in [2.75, 3.05) is 6.26 Å². The molecule has 1 aliphatic rings. The fourth-order valence-electron chi connectivity index (χ4n) is 2.18. The highest BCUT2D eigenvalue weighted by molar-refractivity contribution is 7.97. The molecule has 2 rings (SSSR count). The number of hydrogen-bond acceptors (Lipinski definition) is 5. The van der Waals surface area contributed by atoms with Crippen LogP contribution in [0.4, 0.5) is 0 Å². The molecule has 0 aliphatic heterocycles. The summed E-state index contributed by atoms with van der Waals surface area (Å²) in [5.74, 6) is 2.18. The highest BCUT2D eigenvalue weighted by Gasteiger charge is 2.28. The van der Waals surface area contributed by atoms with E-state index in [2.05, 4.69) is 10.1 Å². The molecule has 0 spiro atoms. The van der Waals surface area contributed by atoms with Crippen LogP contribution in [0, 0.1) is 0 Å². The van der Waals surface area contributed by atoms with Crippen LogP contribution in [0.25, 0.3) is 0 Å². The zero-order valence-electron chi connectivity index (χ0n) is 9.56. The van der Waals surface area contributed by atoms with Gasteiger partial charge >= 0.3 is 0 Å². The van der Waals surface area contributed by atoms with E-state index in [0.29, 0.717) is 5.89 Å². The van der Waals surface area contributed by atoms with Crippen LogP contribution in [0.15, 0.2) is 4.52 Å². The molecule has 1 fully saturated rings. The van der Waals surface area contributed by atoms with Crippen molar-refractivity contribution >= 4 is 11.8 Å². The first-order valence-corrected chi connectivity index (χ1v) is 7.20. The maximum absolute atomic E-state index is 10.0. The van der Waals surface area contributed by atoms with Crippen molar-refractivity contribution in [1.29, 1.82) is 0 Å². The van der Waals surface area contributed by atoms with Crippen LogP contribution in [0.1, 0.15) is 49.7 Å². The molecule has 0 aromatic carbocycles. The van der Waals surface area contributed by atoms with Gasteiger partial charge in [-0.2, -0.15) is 16.7 Å². The van der Waals surface area contributed by atoms with E-state index in [4.69, 9.17) is 4.52 Å². The zero-order valence-corrected chi connectivity index (χ0v) is 10.4. The molecule has 1 aromatic heterocycles. The second-order valence-corrected chi connectivity index (χ2v) is 5.16. The average Bonchev–Trinajstić information content (AvgIpc) is 2.61. The van der Waals surface area contributed by atoms with E-state index < -0.39 is 0 Å². The molecule has 1 saturated carbocycles. The number of nitrogens with zero attached hydrogens (tertiary/aromatic N) is 2. The minimum Gasteiger partial charge on any atom is -0.392 e. The van der Waals surface area contributed by atoms with Gasteiger partial charge in [0.2, 0.25) is 5.89 Å². The monoisotopic (exact) mass is 242 g/mol. The Labute approximate surface area is 99.8 Å². The Kier molecular flexibility index (Phi) is 4.23. The molecule has 1 heterocycles. The molecular formula is C11H18N2O2S.